The normalized spacial score (nSPS) is 14.3. The van der Waals surface area contributed by atoms with Gasteiger partial charge in [0.25, 0.3) is 0 Å². The maximum Gasteiger partial charge on any atom is 0.235 e. The van der Waals surface area contributed by atoms with E-state index in [1.807, 2.05) is 38.4 Å². The molecule has 1 heterocycles. The third-order valence-corrected chi connectivity index (χ3v) is 3.18. The highest BCUT2D eigenvalue weighted by Gasteiger charge is 2.28. The Hall–Kier alpha value is -2.49. The van der Waals surface area contributed by atoms with Crippen LogP contribution in [0, 0.1) is 0 Å². The first kappa shape index (κ1) is 11.6. The highest BCUT2D eigenvalue weighted by atomic mass is 16.2. The number of nitrogens with zero attached hydrogens (tertiary/aromatic N) is 2. The van der Waals surface area contributed by atoms with E-state index in [-0.39, 0.29) is 0 Å². The highest BCUT2D eigenvalue weighted by Crippen LogP contribution is 2.27. The van der Waals surface area contributed by atoms with Crippen molar-refractivity contribution in [2.24, 2.45) is 0 Å². The summed E-state index contributed by atoms with van der Waals surface area (Å²) >= 11 is 0. The molecule has 1 aromatic heterocycles. The van der Waals surface area contributed by atoms with Crippen molar-refractivity contribution in [3.63, 3.8) is 0 Å². The molecule has 2 aromatic rings. The van der Waals surface area contributed by atoms with E-state index in [2.05, 4.69) is 4.98 Å². The van der Waals surface area contributed by atoms with E-state index in [1.54, 1.807) is 11.0 Å². The van der Waals surface area contributed by atoms with Gasteiger partial charge in [0.15, 0.2) is 0 Å². The van der Waals surface area contributed by atoms with Gasteiger partial charge in [-0.05, 0) is 12.1 Å². The van der Waals surface area contributed by atoms with Crippen molar-refractivity contribution in [3.05, 3.63) is 47.7 Å². The molecule has 0 bridgehead atoms. The van der Waals surface area contributed by atoms with E-state index < -0.39 is 11.6 Å². The number of carbonyl (C=O) groups excluding carboxylic acids is 2. The van der Waals surface area contributed by atoms with Crippen LogP contribution in [0.5, 0.6) is 0 Å². The zero-order valence-electron chi connectivity index (χ0n) is 10.7. The summed E-state index contributed by atoms with van der Waals surface area (Å²) in [4.78, 5) is 30.0. The quantitative estimate of drug-likeness (QED) is 0.727. The molecular formula is C15H12N2O2. The standard InChI is InChI=1S/C15H12N2O2/c1-17(2)12-8-13(18)15(19)10-7-9-5-3-4-6-11(9)16-14(10)12/h3-8H,1-2H3. The summed E-state index contributed by atoms with van der Waals surface area (Å²) in [6.07, 6.45) is 1.35. The summed E-state index contributed by atoms with van der Waals surface area (Å²) < 4.78 is 0. The lowest BCUT2D eigenvalue weighted by Crippen LogP contribution is -2.25. The number of aromatic nitrogens is 1. The molecular weight excluding hydrogens is 240 g/mol. The smallest absolute Gasteiger partial charge is 0.235 e. The number of ketones is 2. The van der Waals surface area contributed by atoms with Gasteiger partial charge in [0.2, 0.25) is 11.6 Å². The number of carbonyl (C=O) groups is 2. The highest BCUT2D eigenvalue weighted by molar-refractivity contribution is 6.50. The van der Waals surface area contributed by atoms with Crippen LogP contribution in [0.15, 0.2) is 36.4 Å². The molecule has 1 aromatic carbocycles. The van der Waals surface area contributed by atoms with Crippen LogP contribution in [-0.4, -0.2) is 35.5 Å². The third-order valence-electron chi connectivity index (χ3n) is 3.18. The first-order valence-electron chi connectivity index (χ1n) is 5.96. The molecule has 3 rings (SSSR count). The molecule has 4 heteroatoms. The lowest BCUT2D eigenvalue weighted by molar-refractivity contribution is -0.111. The summed E-state index contributed by atoms with van der Waals surface area (Å²) in [6, 6.07) is 9.30. The van der Waals surface area contributed by atoms with Crippen molar-refractivity contribution in [1.82, 2.24) is 9.88 Å². The second kappa shape index (κ2) is 4.02. The Kier molecular flexibility index (Phi) is 2.45. The topological polar surface area (TPSA) is 50.3 Å². The van der Waals surface area contributed by atoms with Gasteiger partial charge in [-0.25, -0.2) is 4.98 Å². The van der Waals surface area contributed by atoms with Gasteiger partial charge in [0.05, 0.1) is 22.5 Å². The van der Waals surface area contributed by atoms with Crippen LogP contribution in [0.25, 0.3) is 16.6 Å². The third kappa shape index (κ3) is 1.73. The van der Waals surface area contributed by atoms with Crippen molar-refractivity contribution in [2.45, 2.75) is 0 Å². The summed E-state index contributed by atoms with van der Waals surface area (Å²) in [5.41, 5.74) is 2.45. The molecule has 1 aliphatic rings. The summed E-state index contributed by atoms with van der Waals surface area (Å²) in [6.45, 7) is 0. The van der Waals surface area contributed by atoms with E-state index in [0.29, 0.717) is 17.0 Å². The van der Waals surface area contributed by atoms with Gasteiger partial charge in [-0.1, -0.05) is 18.2 Å². The van der Waals surface area contributed by atoms with Crippen molar-refractivity contribution < 1.29 is 9.59 Å². The summed E-state index contributed by atoms with van der Waals surface area (Å²) in [5.74, 6) is -0.980. The predicted molar refractivity (Wildman–Crippen MR) is 72.7 cm³/mol. The Balaban J connectivity index is 2.35. The Morgan fingerprint density at radius 2 is 1.84 bits per heavy atom. The molecule has 0 spiro atoms. The van der Waals surface area contributed by atoms with Gasteiger partial charge in [-0.15, -0.1) is 0 Å². The number of hydrogen-bond acceptors (Lipinski definition) is 4. The van der Waals surface area contributed by atoms with Crippen molar-refractivity contribution in [3.8, 4) is 0 Å². The monoisotopic (exact) mass is 252 g/mol. The van der Waals surface area contributed by atoms with Gasteiger partial charge in [0, 0.05) is 25.6 Å². The molecule has 0 radical (unpaired) electrons. The Morgan fingerprint density at radius 3 is 2.58 bits per heavy atom. The Labute approximate surface area is 110 Å². The molecule has 0 N–H and O–H groups in total. The molecule has 0 saturated carbocycles. The second-order valence-electron chi connectivity index (χ2n) is 4.69. The number of Topliss-reactive ketones (excluding diaryl/α,β-unsaturated/α-hetero) is 1. The van der Waals surface area contributed by atoms with Crippen LogP contribution in [0.2, 0.25) is 0 Å². The lowest BCUT2D eigenvalue weighted by atomic mass is 9.95. The van der Waals surface area contributed by atoms with Crippen molar-refractivity contribution in [1.29, 1.82) is 0 Å². The van der Waals surface area contributed by atoms with E-state index in [0.717, 1.165) is 10.9 Å². The van der Waals surface area contributed by atoms with Crippen molar-refractivity contribution >= 4 is 28.2 Å². The zero-order valence-corrected chi connectivity index (χ0v) is 10.7. The van der Waals surface area contributed by atoms with Crippen LogP contribution in [-0.2, 0) is 4.79 Å². The van der Waals surface area contributed by atoms with Crippen LogP contribution >= 0.6 is 0 Å². The van der Waals surface area contributed by atoms with Gasteiger partial charge < -0.3 is 4.90 Å². The number of rotatable bonds is 1. The van der Waals surface area contributed by atoms with Crippen molar-refractivity contribution in [2.75, 3.05) is 14.1 Å². The first-order chi connectivity index (χ1) is 9.08. The fourth-order valence-corrected chi connectivity index (χ4v) is 2.22. The average Bonchev–Trinajstić information content (AvgIpc) is 2.41. The second-order valence-corrected chi connectivity index (χ2v) is 4.69. The Morgan fingerprint density at radius 1 is 1.11 bits per heavy atom. The molecule has 0 saturated heterocycles. The van der Waals surface area contributed by atoms with Crippen LogP contribution < -0.4 is 0 Å². The molecule has 19 heavy (non-hydrogen) atoms. The minimum absolute atomic E-state index is 0.384. The molecule has 4 nitrogen and oxygen atoms in total. The van der Waals surface area contributed by atoms with Gasteiger partial charge in [-0.2, -0.15) is 0 Å². The number of pyridine rings is 1. The number of fused-ring (bicyclic) bond motifs is 2. The predicted octanol–water partition coefficient (Wildman–Crippen LogP) is 1.90. The maximum absolute atomic E-state index is 12.0. The number of benzene rings is 1. The molecule has 1 aliphatic carbocycles. The van der Waals surface area contributed by atoms with Crippen LogP contribution in [0.4, 0.5) is 0 Å². The molecule has 0 unspecified atom stereocenters. The van der Waals surface area contributed by atoms with Gasteiger partial charge in [0.1, 0.15) is 0 Å². The SMILES string of the molecule is CN(C)C1=CC(=O)C(=O)c2cc3ccccc3nc21. The fourth-order valence-electron chi connectivity index (χ4n) is 2.22. The molecule has 0 amide bonds. The van der Waals surface area contributed by atoms with E-state index in [1.165, 1.54) is 6.08 Å². The fraction of sp³-hybridized carbons (Fsp3) is 0.133. The number of para-hydroxylation sites is 1. The molecule has 0 fully saturated rings. The maximum atomic E-state index is 12.0. The molecule has 0 aliphatic heterocycles. The van der Waals surface area contributed by atoms with E-state index >= 15 is 0 Å². The minimum Gasteiger partial charge on any atom is -0.376 e. The molecule has 0 atom stereocenters. The number of allylic oxidation sites excluding steroid dienone is 1. The number of hydrogen-bond donors (Lipinski definition) is 0. The zero-order chi connectivity index (χ0) is 13.6. The summed E-state index contributed by atoms with van der Waals surface area (Å²) in [5, 5.41) is 0.863. The van der Waals surface area contributed by atoms with Gasteiger partial charge in [-0.3, -0.25) is 9.59 Å². The van der Waals surface area contributed by atoms with Crippen LogP contribution in [0.1, 0.15) is 16.1 Å². The average molecular weight is 252 g/mol. The largest absolute Gasteiger partial charge is 0.376 e. The Bertz CT molecular complexity index is 745. The summed E-state index contributed by atoms with van der Waals surface area (Å²) in [7, 11) is 3.66. The molecule has 94 valence electrons. The van der Waals surface area contributed by atoms with Crippen LogP contribution in [0.3, 0.4) is 0 Å². The minimum atomic E-state index is -0.492. The lowest BCUT2D eigenvalue weighted by Gasteiger charge is -2.22. The van der Waals surface area contributed by atoms with Gasteiger partial charge >= 0.3 is 0 Å². The first-order valence-corrected chi connectivity index (χ1v) is 5.96. The van der Waals surface area contributed by atoms with E-state index in [4.69, 9.17) is 0 Å². The van der Waals surface area contributed by atoms with E-state index in [9.17, 15) is 9.59 Å².